The largest absolute Gasteiger partial charge is 0.381 e. The maximum Gasteiger partial charge on any atom is 0.166 e. The Morgan fingerprint density at radius 3 is 2.75 bits per heavy atom. The van der Waals surface area contributed by atoms with Crippen molar-refractivity contribution in [2.45, 2.75) is 19.8 Å². The molecule has 2 nitrogen and oxygen atoms in total. The summed E-state index contributed by atoms with van der Waals surface area (Å²) in [5.41, 5.74) is 1.65. The topological polar surface area (TPSA) is 26.3 Å². The number of carbonyl (C=O) groups is 1. The summed E-state index contributed by atoms with van der Waals surface area (Å²) in [5, 5.41) is 0.665. The van der Waals surface area contributed by atoms with E-state index in [-0.39, 0.29) is 11.7 Å². The summed E-state index contributed by atoms with van der Waals surface area (Å²) in [5.74, 6) is 0.314. The lowest BCUT2D eigenvalue weighted by molar-refractivity contribution is 0.0544. The first-order valence-electron chi connectivity index (χ1n) is 5.57. The van der Waals surface area contributed by atoms with Gasteiger partial charge < -0.3 is 4.74 Å². The molecule has 0 aliphatic carbocycles. The highest BCUT2D eigenvalue weighted by molar-refractivity contribution is 6.31. The third-order valence-corrected chi connectivity index (χ3v) is 3.53. The zero-order valence-electron chi connectivity index (χ0n) is 9.33. The van der Waals surface area contributed by atoms with Crippen LogP contribution in [0.2, 0.25) is 5.02 Å². The predicted molar refractivity (Wildman–Crippen MR) is 64.1 cm³/mol. The standard InChI is InChI=1S/C13H15ClO2/c1-9-11(3-2-4-12(9)14)13(15)10-5-7-16-8-6-10/h2-4,10H,5-8H2,1H3. The van der Waals surface area contributed by atoms with Crippen LogP contribution in [0.4, 0.5) is 0 Å². The summed E-state index contributed by atoms with van der Waals surface area (Å²) in [6, 6.07) is 5.51. The van der Waals surface area contributed by atoms with E-state index in [0.717, 1.165) is 24.0 Å². The Labute approximate surface area is 101 Å². The number of hydrogen-bond acceptors (Lipinski definition) is 2. The summed E-state index contributed by atoms with van der Waals surface area (Å²) in [6.07, 6.45) is 1.65. The molecule has 1 heterocycles. The van der Waals surface area contributed by atoms with Crippen LogP contribution in [0, 0.1) is 12.8 Å². The first kappa shape index (κ1) is 11.6. The van der Waals surface area contributed by atoms with Gasteiger partial charge in [-0.3, -0.25) is 4.79 Å². The van der Waals surface area contributed by atoms with Gasteiger partial charge in [-0.15, -0.1) is 0 Å². The Morgan fingerprint density at radius 1 is 1.38 bits per heavy atom. The van der Waals surface area contributed by atoms with Crippen molar-refractivity contribution in [2.75, 3.05) is 13.2 Å². The van der Waals surface area contributed by atoms with E-state index >= 15 is 0 Å². The van der Waals surface area contributed by atoms with Crippen LogP contribution < -0.4 is 0 Å². The Bertz CT molecular complexity index is 395. The Kier molecular flexibility index (Phi) is 3.62. The molecule has 1 aliphatic heterocycles. The molecule has 0 unspecified atom stereocenters. The van der Waals surface area contributed by atoms with Gasteiger partial charge in [0, 0.05) is 29.7 Å². The van der Waals surface area contributed by atoms with Crippen molar-refractivity contribution in [3.05, 3.63) is 34.3 Å². The van der Waals surface area contributed by atoms with Gasteiger partial charge in [0.15, 0.2) is 5.78 Å². The average molecular weight is 239 g/mol. The minimum Gasteiger partial charge on any atom is -0.381 e. The Hall–Kier alpha value is -0.860. The number of rotatable bonds is 2. The van der Waals surface area contributed by atoms with Crippen LogP contribution in [0.15, 0.2) is 18.2 Å². The van der Waals surface area contributed by atoms with Crippen molar-refractivity contribution in [1.29, 1.82) is 0 Å². The molecule has 1 aliphatic rings. The molecule has 1 aromatic carbocycles. The molecule has 1 fully saturated rings. The molecule has 0 atom stereocenters. The maximum absolute atomic E-state index is 12.3. The number of Topliss-reactive ketones (excluding diaryl/α,β-unsaturated/α-hetero) is 1. The van der Waals surface area contributed by atoms with Gasteiger partial charge in [0.05, 0.1) is 0 Å². The summed E-state index contributed by atoms with van der Waals surface area (Å²) < 4.78 is 5.26. The van der Waals surface area contributed by atoms with Gasteiger partial charge in [0.1, 0.15) is 0 Å². The van der Waals surface area contributed by atoms with E-state index in [1.807, 2.05) is 25.1 Å². The van der Waals surface area contributed by atoms with E-state index < -0.39 is 0 Å². The molecule has 0 spiro atoms. The molecule has 2 rings (SSSR count). The third-order valence-electron chi connectivity index (χ3n) is 3.13. The average Bonchev–Trinajstić information content (AvgIpc) is 2.33. The predicted octanol–water partition coefficient (Wildman–Crippen LogP) is 3.26. The van der Waals surface area contributed by atoms with Crippen molar-refractivity contribution in [3.8, 4) is 0 Å². The van der Waals surface area contributed by atoms with Gasteiger partial charge in [0.25, 0.3) is 0 Å². The molecule has 86 valence electrons. The van der Waals surface area contributed by atoms with Gasteiger partial charge in [-0.2, -0.15) is 0 Å². The molecule has 16 heavy (non-hydrogen) atoms. The van der Waals surface area contributed by atoms with Crippen LogP contribution in [0.25, 0.3) is 0 Å². The van der Waals surface area contributed by atoms with E-state index in [1.165, 1.54) is 0 Å². The number of ether oxygens (including phenoxy) is 1. The third kappa shape index (κ3) is 2.28. The highest BCUT2D eigenvalue weighted by atomic mass is 35.5. The monoisotopic (exact) mass is 238 g/mol. The van der Waals surface area contributed by atoms with E-state index in [1.54, 1.807) is 0 Å². The fourth-order valence-electron chi connectivity index (χ4n) is 2.05. The first-order chi connectivity index (χ1) is 7.70. The van der Waals surface area contributed by atoms with Crippen molar-refractivity contribution >= 4 is 17.4 Å². The minimum atomic E-state index is 0.103. The molecule has 1 saturated heterocycles. The van der Waals surface area contributed by atoms with Crippen LogP contribution in [-0.2, 0) is 4.74 Å². The molecule has 3 heteroatoms. The van der Waals surface area contributed by atoms with E-state index in [2.05, 4.69) is 0 Å². The van der Waals surface area contributed by atoms with Crippen molar-refractivity contribution < 1.29 is 9.53 Å². The number of hydrogen-bond donors (Lipinski definition) is 0. The molecule has 0 radical (unpaired) electrons. The smallest absolute Gasteiger partial charge is 0.166 e. The highest BCUT2D eigenvalue weighted by Crippen LogP contribution is 2.25. The quantitative estimate of drug-likeness (QED) is 0.740. The van der Waals surface area contributed by atoms with Crippen molar-refractivity contribution in [1.82, 2.24) is 0 Å². The second-order valence-corrected chi connectivity index (χ2v) is 4.57. The summed E-state index contributed by atoms with van der Waals surface area (Å²) in [7, 11) is 0. The molecular weight excluding hydrogens is 224 g/mol. The fourth-order valence-corrected chi connectivity index (χ4v) is 2.23. The fraction of sp³-hybridized carbons (Fsp3) is 0.462. The summed E-state index contributed by atoms with van der Waals surface area (Å²) in [4.78, 5) is 12.3. The minimum absolute atomic E-state index is 0.103. The molecular formula is C13H15ClO2. The van der Waals surface area contributed by atoms with E-state index in [9.17, 15) is 4.79 Å². The lowest BCUT2D eigenvalue weighted by Crippen LogP contribution is -2.24. The van der Waals surface area contributed by atoms with Crippen LogP contribution >= 0.6 is 11.6 Å². The van der Waals surface area contributed by atoms with Crippen molar-refractivity contribution in [3.63, 3.8) is 0 Å². The summed E-state index contributed by atoms with van der Waals surface area (Å²) >= 11 is 6.02. The van der Waals surface area contributed by atoms with Crippen LogP contribution in [0.1, 0.15) is 28.8 Å². The molecule has 1 aromatic rings. The lowest BCUT2D eigenvalue weighted by atomic mass is 9.89. The van der Waals surface area contributed by atoms with E-state index in [4.69, 9.17) is 16.3 Å². The van der Waals surface area contributed by atoms with Gasteiger partial charge in [-0.1, -0.05) is 23.7 Å². The van der Waals surface area contributed by atoms with Crippen molar-refractivity contribution in [2.24, 2.45) is 5.92 Å². The Morgan fingerprint density at radius 2 is 2.06 bits per heavy atom. The zero-order chi connectivity index (χ0) is 11.5. The molecule has 0 N–H and O–H groups in total. The van der Waals surface area contributed by atoms with Crippen LogP contribution in [0.3, 0.4) is 0 Å². The Balaban J connectivity index is 2.22. The second-order valence-electron chi connectivity index (χ2n) is 4.16. The molecule has 0 bridgehead atoms. The van der Waals surface area contributed by atoms with Gasteiger partial charge in [-0.25, -0.2) is 0 Å². The number of ketones is 1. The molecule has 0 saturated carbocycles. The van der Waals surface area contributed by atoms with Crippen LogP contribution in [-0.4, -0.2) is 19.0 Å². The highest BCUT2D eigenvalue weighted by Gasteiger charge is 2.24. The SMILES string of the molecule is Cc1c(Cl)cccc1C(=O)C1CCOCC1. The normalized spacial score (nSPS) is 17.4. The zero-order valence-corrected chi connectivity index (χ0v) is 10.1. The van der Waals surface area contributed by atoms with Crippen LogP contribution in [0.5, 0.6) is 0 Å². The molecule has 0 amide bonds. The second kappa shape index (κ2) is 4.98. The first-order valence-corrected chi connectivity index (χ1v) is 5.95. The summed E-state index contributed by atoms with van der Waals surface area (Å²) in [6.45, 7) is 3.28. The lowest BCUT2D eigenvalue weighted by Gasteiger charge is -2.21. The van der Waals surface area contributed by atoms with Gasteiger partial charge >= 0.3 is 0 Å². The van der Waals surface area contributed by atoms with Gasteiger partial charge in [0.2, 0.25) is 0 Å². The maximum atomic E-state index is 12.3. The van der Waals surface area contributed by atoms with Gasteiger partial charge in [-0.05, 0) is 31.4 Å². The molecule has 0 aromatic heterocycles. The number of benzene rings is 1. The number of carbonyl (C=O) groups excluding carboxylic acids is 1. The number of halogens is 1. The van der Waals surface area contributed by atoms with E-state index in [0.29, 0.717) is 18.2 Å².